The molecule has 1 saturated heterocycles. The highest BCUT2D eigenvalue weighted by Crippen LogP contribution is 2.42. The Balaban J connectivity index is 1.52. The van der Waals surface area contributed by atoms with Crippen molar-refractivity contribution in [2.75, 3.05) is 37.1 Å². The number of piperidine rings is 1. The summed E-state index contributed by atoms with van der Waals surface area (Å²) < 4.78 is 61.0. The third-order valence-corrected chi connectivity index (χ3v) is 8.59. The minimum atomic E-state index is -4.78. The van der Waals surface area contributed by atoms with Crippen molar-refractivity contribution in [3.8, 4) is 23.0 Å². The number of carbonyl (C=O) groups excluding carboxylic acids is 3. The number of amides is 3. The van der Waals surface area contributed by atoms with Crippen LogP contribution in [0.3, 0.4) is 0 Å². The largest absolute Gasteiger partial charge is 0.493 e. The smallest absolute Gasteiger partial charge is 0.418 e. The van der Waals surface area contributed by atoms with Gasteiger partial charge in [0.05, 0.1) is 31.0 Å². The Kier molecular flexibility index (Phi) is 10.7. The average Bonchev–Trinajstić information content (AvgIpc) is 3.11. The zero-order chi connectivity index (χ0) is 36.2. The number of benzene rings is 3. The van der Waals surface area contributed by atoms with Crippen molar-refractivity contribution in [1.29, 1.82) is 0 Å². The molecule has 1 fully saturated rings. The van der Waals surface area contributed by atoms with Gasteiger partial charge in [0.15, 0.2) is 11.5 Å². The average molecular weight is 694 g/mol. The van der Waals surface area contributed by atoms with E-state index in [-0.39, 0.29) is 34.8 Å². The van der Waals surface area contributed by atoms with Gasteiger partial charge in [-0.3, -0.25) is 24.3 Å². The number of nitrogens with zero attached hydrogens (tertiary/aromatic N) is 3. The molecule has 11 nitrogen and oxygen atoms in total. The molecule has 1 aliphatic heterocycles. The number of fused-ring (bicyclic) bond motifs is 1. The molecule has 0 saturated carbocycles. The first kappa shape index (κ1) is 35.8. The zero-order valence-corrected chi connectivity index (χ0v) is 28.0. The minimum Gasteiger partial charge on any atom is -0.493 e. The lowest BCUT2D eigenvalue weighted by Crippen LogP contribution is -2.45. The normalized spacial score (nSPS) is 14.2. The molecule has 5 rings (SSSR count). The Hall–Kier alpha value is -5.53. The number of hydrogen-bond acceptors (Lipinski definition) is 8. The fourth-order valence-electron chi connectivity index (χ4n) is 5.83. The lowest BCUT2D eigenvalue weighted by atomic mass is 10.0. The summed E-state index contributed by atoms with van der Waals surface area (Å²) in [5.74, 6) is -1.68. The molecule has 1 aromatic heterocycles. The van der Waals surface area contributed by atoms with Gasteiger partial charge >= 0.3 is 6.18 Å². The van der Waals surface area contributed by atoms with Gasteiger partial charge in [0.25, 0.3) is 0 Å². The third kappa shape index (κ3) is 7.69. The number of ether oxygens (including phenoxy) is 3. The molecule has 1 unspecified atom stereocenters. The van der Waals surface area contributed by atoms with Gasteiger partial charge in [0, 0.05) is 60.6 Å². The van der Waals surface area contributed by atoms with Crippen LogP contribution < -0.4 is 35.1 Å². The number of nitrogens with two attached hydrogens (primary N) is 1. The topological polar surface area (TPSA) is 136 Å². The Bertz CT molecular complexity index is 1890. The van der Waals surface area contributed by atoms with Crippen LogP contribution in [0.15, 0.2) is 66.9 Å². The second-order valence-corrected chi connectivity index (χ2v) is 11.8. The first-order valence-corrected chi connectivity index (χ1v) is 16.0. The number of primary amides is 1. The number of alkyl halides is 3. The van der Waals surface area contributed by atoms with Gasteiger partial charge in [-0.1, -0.05) is 13.0 Å². The molecule has 1 aliphatic rings. The number of hydrogen-bond donors (Lipinski definition) is 2. The van der Waals surface area contributed by atoms with Gasteiger partial charge < -0.3 is 30.2 Å². The van der Waals surface area contributed by atoms with Crippen LogP contribution in [-0.2, 0) is 20.6 Å². The molecule has 0 spiro atoms. The van der Waals surface area contributed by atoms with Gasteiger partial charge in [-0.05, 0) is 62.2 Å². The molecule has 1 atom stereocenters. The number of pyridine rings is 1. The van der Waals surface area contributed by atoms with Crippen molar-refractivity contribution in [3.63, 3.8) is 0 Å². The second kappa shape index (κ2) is 14.9. The number of carbonyl (C=O) groups is 3. The highest BCUT2D eigenvalue weighted by atomic mass is 19.4. The first-order chi connectivity index (χ1) is 23.8. The van der Waals surface area contributed by atoms with E-state index in [9.17, 15) is 27.6 Å². The summed E-state index contributed by atoms with van der Waals surface area (Å²) in [6, 6.07) is 14.7. The van der Waals surface area contributed by atoms with Crippen LogP contribution in [0.25, 0.3) is 10.9 Å². The van der Waals surface area contributed by atoms with Gasteiger partial charge in [0.1, 0.15) is 17.4 Å². The number of nitrogens with one attached hydrogen (secondary N) is 1. The maximum absolute atomic E-state index is 14.7. The molecule has 3 N–H and O–H groups in total. The van der Waals surface area contributed by atoms with Crippen LogP contribution in [0.2, 0.25) is 0 Å². The van der Waals surface area contributed by atoms with E-state index in [2.05, 4.69) is 10.3 Å². The lowest BCUT2D eigenvalue weighted by molar-refractivity contribution is -0.137. The highest BCUT2D eigenvalue weighted by molar-refractivity contribution is 6.11. The lowest BCUT2D eigenvalue weighted by Gasteiger charge is -2.36. The molecular weight excluding hydrogens is 655 g/mol. The van der Waals surface area contributed by atoms with Crippen LogP contribution in [0.4, 0.5) is 30.2 Å². The van der Waals surface area contributed by atoms with E-state index in [1.54, 1.807) is 48.4 Å². The molecule has 50 heavy (non-hydrogen) atoms. The Morgan fingerprint density at radius 3 is 2.30 bits per heavy atom. The second-order valence-electron chi connectivity index (χ2n) is 11.8. The van der Waals surface area contributed by atoms with Crippen molar-refractivity contribution < 1.29 is 41.8 Å². The number of methoxy groups -OCH3 is 2. The summed E-state index contributed by atoms with van der Waals surface area (Å²) in [6.07, 6.45) is -1.96. The SMILES string of the molecule is CCC(=O)NC1CCN(c2ccc(N(C(=O)C(C)C(N)=O)c3cccc(Oc4ccnc5cc(OC)c(OC)cc45)c3)cc2C(F)(F)F)CC1. The minimum absolute atomic E-state index is 0.0504. The first-order valence-electron chi connectivity index (χ1n) is 16.0. The van der Waals surface area contributed by atoms with Crippen molar-refractivity contribution >= 4 is 45.7 Å². The Labute approximate surface area is 287 Å². The van der Waals surface area contributed by atoms with Crippen molar-refractivity contribution in [1.82, 2.24) is 10.3 Å². The Morgan fingerprint density at radius 2 is 1.66 bits per heavy atom. The summed E-state index contributed by atoms with van der Waals surface area (Å²) in [5.41, 5.74) is 5.06. The fraction of sp³-hybridized carbons (Fsp3) is 0.333. The van der Waals surface area contributed by atoms with Gasteiger partial charge in [-0.2, -0.15) is 13.2 Å². The third-order valence-electron chi connectivity index (χ3n) is 8.59. The standard InChI is InChI=1S/C36H38F3N5O6/c1-5-33(45)42-22-12-15-43(16-13-22)29-10-9-24(18-27(29)36(37,38)39)44(35(47)21(2)34(40)46)23-7-6-8-25(17-23)50-30-11-14-41-28-20-32(49-4)31(48-3)19-26(28)30/h6-11,14,17-22H,5,12-13,15-16H2,1-4H3,(H2,40,46)(H,42,45). The molecule has 3 amide bonds. The molecule has 3 aromatic carbocycles. The molecule has 0 bridgehead atoms. The van der Waals surface area contributed by atoms with Crippen LogP contribution >= 0.6 is 0 Å². The van der Waals surface area contributed by atoms with Crippen molar-refractivity contribution in [3.05, 3.63) is 72.4 Å². The van der Waals surface area contributed by atoms with Gasteiger partial charge in [-0.15, -0.1) is 0 Å². The molecule has 2 heterocycles. The number of aromatic nitrogens is 1. The van der Waals surface area contributed by atoms with Crippen molar-refractivity contribution in [2.24, 2.45) is 11.7 Å². The number of rotatable bonds is 11. The van der Waals surface area contributed by atoms with Crippen LogP contribution in [0, 0.1) is 5.92 Å². The van der Waals surface area contributed by atoms with E-state index in [1.165, 1.54) is 45.4 Å². The van der Waals surface area contributed by atoms with E-state index in [4.69, 9.17) is 19.9 Å². The van der Waals surface area contributed by atoms with Crippen LogP contribution in [-0.4, -0.2) is 56.1 Å². The zero-order valence-electron chi connectivity index (χ0n) is 28.0. The maximum Gasteiger partial charge on any atom is 0.418 e. The molecule has 4 aromatic rings. The number of halogens is 3. The van der Waals surface area contributed by atoms with Crippen molar-refractivity contribution in [2.45, 2.75) is 45.3 Å². The summed E-state index contributed by atoms with van der Waals surface area (Å²) in [6.45, 7) is 3.62. The quantitative estimate of drug-likeness (QED) is 0.174. The van der Waals surface area contributed by atoms with E-state index in [0.29, 0.717) is 60.5 Å². The van der Waals surface area contributed by atoms with Gasteiger partial charge in [-0.25, -0.2) is 0 Å². The highest BCUT2D eigenvalue weighted by Gasteiger charge is 2.38. The molecule has 0 aliphatic carbocycles. The van der Waals surface area contributed by atoms with E-state index < -0.39 is 29.5 Å². The molecular formula is C36H38F3N5O6. The monoisotopic (exact) mass is 693 g/mol. The molecule has 264 valence electrons. The van der Waals surface area contributed by atoms with E-state index in [1.807, 2.05) is 0 Å². The summed E-state index contributed by atoms with van der Waals surface area (Å²) in [7, 11) is 3.00. The summed E-state index contributed by atoms with van der Waals surface area (Å²) in [4.78, 5) is 44.8. The van der Waals surface area contributed by atoms with Crippen LogP contribution in [0.1, 0.15) is 38.7 Å². The molecule has 0 radical (unpaired) electrons. The predicted molar refractivity (Wildman–Crippen MR) is 182 cm³/mol. The van der Waals surface area contributed by atoms with E-state index >= 15 is 0 Å². The van der Waals surface area contributed by atoms with E-state index in [0.717, 1.165) is 11.0 Å². The predicted octanol–water partition coefficient (Wildman–Crippen LogP) is 6.34. The fourth-order valence-corrected chi connectivity index (χ4v) is 5.83. The van der Waals surface area contributed by atoms with Crippen LogP contribution in [0.5, 0.6) is 23.0 Å². The summed E-state index contributed by atoms with van der Waals surface area (Å²) in [5, 5.41) is 3.49. The summed E-state index contributed by atoms with van der Waals surface area (Å²) >= 11 is 0. The maximum atomic E-state index is 14.7. The Morgan fingerprint density at radius 1 is 0.980 bits per heavy atom. The number of anilines is 3. The molecule has 14 heteroatoms. The van der Waals surface area contributed by atoms with Gasteiger partial charge in [0.2, 0.25) is 17.7 Å².